The largest absolute Gasteiger partial charge is 0.407 e. The molecule has 1 rings (SSSR count). The molecule has 0 aliphatic heterocycles. The van der Waals surface area contributed by atoms with Crippen LogP contribution in [0.25, 0.3) is 0 Å². The van der Waals surface area contributed by atoms with E-state index in [1.54, 1.807) is 0 Å². The van der Waals surface area contributed by atoms with E-state index in [1.807, 2.05) is 0 Å². The summed E-state index contributed by atoms with van der Waals surface area (Å²) >= 11 is 0. The Morgan fingerprint density at radius 3 is 1.78 bits per heavy atom. The van der Waals surface area contributed by atoms with Gasteiger partial charge in [-0.25, -0.2) is 4.39 Å². The Hall–Kier alpha value is -1.60. The Morgan fingerprint density at radius 2 is 1.39 bits per heavy atom. The lowest BCUT2D eigenvalue weighted by Crippen LogP contribution is -2.42. The fourth-order valence-electron chi connectivity index (χ4n) is 1.30. The molecular formula is C10H5F7O. The van der Waals surface area contributed by atoms with Crippen LogP contribution in [-0.4, -0.2) is 18.1 Å². The Kier molecular flexibility index (Phi) is 3.68. The maximum absolute atomic E-state index is 13.0. The average molecular weight is 274 g/mol. The molecule has 0 N–H and O–H groups in total. The first-order chi connectivity index (χ1) is 8.05. The molecule has 8 heteroatoms. The molecule has 1 aromatic carbocycles. The molecule has 1 aromatic rings. The molecule has 0 aromatic heterocycles. The first kappa shape index (κ1) is 14.5. The number of benzene rings is 1. The Bertz CT molecular complexity index is 432. The Morgan fingerprint density at radius 1 is 0.944 bits per heavy atom. The quantitative estimate of drug-likeness (QED) is 0.593. The van der Waals surface area contributed by atoms with Crippen LogP contribution in [-0.2, 0) is 0 Å². The minimum Gasteiger partial charge on any atom is -0.293 e. The van der Waals surface area contributed by atoms with Gasteiger partial charge in [-0.1, -0.05) is 12.1 Å². The second kappa shape index (κ2) is 4.58. The predicted octanol–water partition coefficient (Wildman–Crippen LogP) is 3.75. The van der Waals surface area contributed by atoms with Gasteiger partial charge < -0.3 is 0 Å². The monoisotopic (exact) mass is 274 g/mol. The van der Waals surface area contributed by atoms with Crippen molar-refractivity contribution >= 4 is 5.78 Å². The maximum Gasteiger partial charge on any atom is 0.407 e. The minimum absolute atomic E-state index is 0.572. The van der Waals surface area contributed by atoms with E-state index >= 15 is 0 Å². The molecule has 0 bridgehead atoms. The third-order valence-electron chi connectivity index (χ3n) is 2.06. The van der Waals surface area contributed by atoms with Crippen LogP contribution in [0.1, 0.15) is 10.4 Å². The fourth-order valence-corrected chi connectivity index (χ4v) is 1.30. The number of alkyl halides is 6. The van der Waals surface area contributed by atoms with Crippen LogP contribution < -0.4 is 0 Å². The highest BCUT2D eigenvalue weighted by Gasteiger charge is 2.61. The van der Waals surface area contributed by atoms with Crippen molar-refractivity contribution in [1.82, 2.24) is 0 Å². The first-order valence-corrected chi connectivity index (χ1v) is 4.47. The predicted molar refractivity (Wildman–Crippen MR) is 46.3 cm³/mol. The molecule has 0 unspecified atom stereocenters. The van der Waals surface area contributed by atoms with E-state index in [0.717, 1.165) is 12.1 Å². The van der Waals surface area contributed by atoms with E-state index < -0.39 is 35.4 Å². The van der Waals surface area contributed by atoms with Gasteiger partial charge in [0.05, 0.1) is 5.56 Å². The van der Waals surface area contributed by atoms with Crippen LogP contribution in [0.4, 0.5) is 30.7 Å². The van der Waals surface area contributed by atoms with Crippen LogP contribution >= 0.6 is 0 Å². The number of Topliss-reactive ketones (excluding diaryl/α,β-unsaturated/α-hetero) is 1. The van der Waals surface area contributed by atoms with Crippen LogP contribution in [0, 0.1) is 11.7 Å². The molecule has 18 heavy (non-hydrogen) atoms. The van der Waals surface area contributed by atoms with E-state index in [1.165, 1.54) is 0 Å². The van der Waals surface area contributed by atoms with Gasteiger partial charge in [0.25, 0.3) is 0 Å². The number of rotatable bonds is 2. The summed E-state index contributed by atoms with van der Waals surface area (Å²) < 4.78 is 86.3. The molecule has 0 aliphatic carbocycles. The summed E-state index contributed by atoms with van der Waals surface area (Å²) in [6.45, 7) is 0. The number of halogens is 7. The standard InChI is InChI=1S/C10H5F7O/c11-6-4-2-1-3-5(6)7(18)8(9(12,13)14)10(15,16)17/h1-4,8H. The van der Waals surface area contributed by atoms with Crippen LogP contribution in [0.2, 0.25) is 0 Å². The maximum atomic E-state index is 13.0. The summed E-state index contributed by atoms with van der Waals surface area (Å²) in [6, 6.07) is 3.20. The molecule has 0 spiro atoms. The zero-order valence-electron chi connectivity index (χ0n) is 8.44. The Balaban J connectivity index is 3.25. The molecule has 100 valence electrons. The lowest BCUT2D eigenvalue weighted by molar-refractivity contribution is -0.264. The van der Waals surface area contributed by atoms with Crippen molar-refractivity contribution in [1.29, 1.82) is 0 Å². The molecule has 0 heterocycles. The summed E-state index contributed by atoms with van der Waals surface area (Å²) in [5.74, 6) is -8.00. The number of hydrogen-bond donors (Lipinski definition) is 0. The molecule has 0 radical (unpaired) electrons. The van der Waals surface area contributed by atoms with Crippen LogP contribution in [0.5, 0.6) is 0 Å². The fraction of sp³-hybridized carbons (Fsp3) is 0.300. The first-order valence-electron chi connectivity index (χ1n) is 4.47. The molecule has 0 saturated carbocycles. The van der Waals surface area contributed by atoms with Gasteiger partial charge in [0.2, 0.25) is 5.92 Å². The normalized spacial score (nSPS) is 12.9. The van der Waals surface area contributed by atoms with Gasteiger partial charge in [0, 0.05) is 0 Å². The second-order valence-electron chi connectivity index (χ2n) is 3.36. The third kappa shape index (κ3) is 2.99. The smallest absolute Gasteiger partial charge is 0.293 e. The van der Waals surface area contributed by atoms with E-state index in [4.69, 9.17) is 0 Å². The highest BCUT2D eigenvalue weighted by molar-refractivity contribution is 5.99. The zero-order chi connectivity index (χ0) is 14.1. The number of hydrogen-bond acceptors (Lipinski definition) is 1. The molecular weight excluding hydrogens is 269 g/mol. The van der Waals surface area contributed by atoms with Crippen molar-refractivity contribution in [3.8, 4) is 0 Å². The van der Waals surface area contributed by atoms with Crippen LogP contribution in [0.3, 0.4) is 0 Å². The lowest BCUT2D eigenvalue weighted by Gasteiger charge is -2.21. The van der Waals surface area contributed by atoms with Gasteiger partial charge in [0.15, 0.2) is 5.78 Å². The summed E-state index contributed by atoms with van der Waals surface area (Å²) in [5, 5.41) is 0. The zero-order valence-corrected chi connectivity index (χ0v) is 8.44. The van der Waals surface area contributed by atoms with Gasteiger partial charge in [-0.05, 0) is 12.1 Å². The number of ketones is 1. The van der Waals surface area contributed by atoms with Gasteiger partial charge >= 0.3 is 12.4 Å². The van der Waals surface area contributed by atoms with Crippen molar-refractivity contribution < 1.29 is 35.5 Å². The summed E-state index contributed by atoms with van der Waals surface area (Å²) in [6.07, 6.45) is -11.6. The SMILES string of the molecule is O=C(c1ccccc1F)C(C(F)(F)F)C(F)(F)F. The third-order valence-corrected chi connectivity index (χ3v) is 2.06. The topological polar surface area (TPSA) is 17.1 Å². The van der Waals surface area contributed by atoms with E-state index in [-0.39, 0.29) is 0 Å². The van der Waals surface area contributed by atoms with E-state index in [9.17, 15) is 35.5 Å². The van der Waals surface area contributed by atoms with E-state index in [2.05, 4.69) is 0 Å². The minimum atomic E-state index is -5.82. The van der Waals surface area contributed by atoms with Crippen molar-refractivity contribution in [2.75, 3.05) is 0 Å². The van der Waals surface area contributed by atoms with Crippen molar-refractivity contribution in [2.45, 2.75) is 12.4 Å². The molecule has 0 amide bonds. The molecule has 1 nitrogen and oxygen atoms in total. The molecule has 0 fully saturated rings. The molecule has 0 atom stereocenters. The average Bonchev–Trinajstić information content (AvgIpc) is 2.13. The van der Waals surface area contributed by atoms with Crippen molar-refractivity contribution in [2.24, 2.45) is 5.92 Å². The second-order valence-corrected chi connectivity index (χ2v) is 3.36. The highest BCUT2D eigenvalue weighted by Crippen LogP contribution is 2.41. The highest BCUT2D eigenvalue weighted by atomic mass is 19.4. The number of carbonyl (C=O) groups excluding carboxylic acids is 1. The van der Waals surface area contributed by atoms with Gasteiger partial charge in [-0.2, -0.15) is 26.3 Å². The van der Waals surface area contributed by atoms with Gasteiger partial charge in [-0.3, -0.25) is 4.79 Å². The van der Waals surface area contributed by atoms with E-state index in [0.29, 0.717) is 12.1 Å². The van der Waals surface area contributed by atoms with Crippen molar-refractivity contribution in [3.05, 3.63) is 35.6 Å². The Labute approximate surface area is 96.2 Å². The summed E-state index contributed by atoms with van der Waals surface area (Å²) in [5.41, 5.74) is -1.24. The molecule has 0 saturated heterocycles. The van der Waals surface area contributed by atoms with Crippen LogP contribution in [0.15, 0.2) is 24.3 Å². The van der Waals surface area contributed by atoms with Gasteiger partial charge in [-0.15, -0.1) is 0 Å². The van der Waals surface area contributed by atoms with Crippen molar-refractivity contribution in [3.63, 3.8) is 0 Å². The number of carbonyl (C=O) groups is 1. The summed E-state index contributed by atoms with van der Waals surface area (Å²) in [4.78, 5) is 11.2. The summed E-state index contributed by atoms with van der Waals surface area (Å²) in [7, 11) is 0. The lowest BCUT2D eigenvalue weighted by atomic mass is 9.96. The van der Waals surface area contributed by atoms with Gasteiger partial charge in [0.1, 0.15) is 5.82 Å². The molecule has 0 aliphatic rings.